The highest BCUT2D eigenvalue weighted by Gasteiger charge is 2.58. The molecule has 1 aromatic heterocycles. The van der Waals surface area contributed by atoms with Gasteiger partial charge in [-0.25, -0.2) is 0 Å². The average molecular weight is 987 g/mol. The van der Waals surface area contributed by atoms with Crippen LogP contribution in [0.4, 0.5) is 45.5 Å². The number of hydrogen-bond donors (Lipinski definition) is 0. The highest BCUT2D eigenvalue weighted by atomic mass is 32.1. The summed E-state index contributed by atoms with van der Waals surface area (Å²) in [5.41, 5.74) is 16.9. The molecule has 6 aliphatic rings. The van der Waals surface area contributed by atoms with Crippen LogP contribution in [0.25, 0.3) is 10.1 Å². The maximum atomic E-state index is 9.67. The Labute approximate surface area is 452 Å². The van der Waals surface area contributed by atoms with Crippen molar-refractivity contribution in [1.29, 1.82) is 0 Å². The molecule has 3 nitrogen and oxygen atoms in total. The van der Waals surface area contributed by atoms with Gasteiger partial charge in [0.25, 0.3) is 6.71 Å². The van der Waals surface area contributed by atoms with E-state index in [1.54, 1.807) is 0 Å². The Morgan fingerprint density at radius 3 is 1.86 bits per heavy atom. The number of anilines is 8. The molecular formula is C68H78BN3S. The maximum Gasteiger partial charge on any atom is 0.264 e. The molecule has 0 saturated heterocycles. The Hall–Kier alpha value is -5.26. The highest BCUT2D eigenvalue weighted by Crippen LogP contribution is 2.62. The van der Waals surface area contributed by atoms with Crippen molar-refractivity contribution in [3.8, 4) is 0 Å². The molecule has 0 amide bonds. The molecule has 4 heterocycles. The molecule has 0 bridgehead atoms. The molecule has 6 aromatic carbocycles. The van der Waals surface area contributed by atoms with Gasteiger partial charge in [-0.2, -0.15) is 0 Å². The van der Waals surface area contributed by atoms with Crippen LogP contribution in [0.2, 0.25) is 0 Å². The van der Waals surface area contributed by atoms with Crippen molar-refractivity contribution in [3.63, 3.8) is 0 Å². The van der Waals surface area contributed by atoms with E-state index in [0.29, 0.717) is 11.3 Å². The van der Waals surface area contributed by atoms with E-state index >= 15 is 0 Å². The molecule has 0 radical (unpaired) electrons. The summed E-state index contributed by atoms with van der Waals surface area (Å²) in [6, 6.07) is 32.2. The fourth-order valence-corrected chi connectivity index (χ4v) is 16.3. The van der Waals surface area contributed by atoms with Crippen molar-refractivity contribution < 1.29 is 9.60 Å². The summed E-state index contributed by atoms with van der Waals surface area (Å²) >= 11 is 1.91. The third-order valence-corrected chi connectivity index (χ3v) is 21.2. The fourth-order valence-electron chi connectivity index (χ4n) is 15.0. The van der Waals surface area contributed by atoms with Crippen LogP contribution >= 0.6 is 11.3 Å². The van der Waals surface area contributed by atoms with Crippen LogP contribution in [0.3, 0.4) is 0 Å². The number of aryl methyl sites for hydroxylation is 1. The molecular weight excluding hydrogens is 902 g/mol. The SMILES string of the molecule is [2H]c1c([2H])c([2H])c2c(c1[2H])N(c1ccc3c(c1)N(c1ccc(C(C)(C)C)cc1)c1cc(CC([2H])([2H])[2H])cc4c1B3c1sc3cc5c(cc3c1N4c1ccc3c(c1)C(C)(C)CCC3(C)C)C(C)(C)CCC5(C)C)C1(C)CCCCC21C. The Balaban J connectivity index is 1.15. The van der Waals surface area contributed by atoms with E-state index in [4.69, 9.17) is 6.85 Å². The monoisotopic (exact) mass is 987 g/mol. The predicted octanol–water partition coefficient (Wildman–Crippen LogP) is 17.3. The molecule has 3 aliphatic heterocycles. The minimum absolute atomic E-state index is 0.0000364. The molecule has 0 spiro atoms. The van der Waals surface area contributed by atoms with Crippen LogP contribution in [0.5, 0.6) is 0 Å². The normalized spacial score (nSPS) is 25.1. The van der Waals surface area contributed by atoms with E-state index in [-0.39, 0.29) is 64.4 Å². The van der Waals surface area contributed by atoms with E-state index in [2.05, 4.69) is 190 Å². The molecule has 13 rings (SSSR count). The first kappa shape index (κ1) is 40.1. The second-order valence-electron chi connectivity index (χ2n) is 27.2. The molecule has 374 valence electrons. The van der Waals surface area contributed by atoms with E-state index in [0.717, 1.165) is 102 Å². The summed E-state index contributed by atoms with van der Waals surface area (Å²) in [7, 11) is 0. The second kappa shape index (κ2) is 15.4. The number of benzene rings is 6. The Kier molecular flexibility index (Phi) is 8.48. The van der Waals surface area contributed by atoms with Crippen LogP contribution in [0.15, 0.2) is 109 Å². The van der Waals surface area contributed by atoms with Gasteiger partial charge >= 0.3 is 0 Å². The van der Waals surface area contributed by atoms with Crippen molar-refractivity contribution in [3.05, 3.63) is 148 Å². The molecule has 5 heteroatoms. The maximum absolute atomic E-state index is 9.67. The fraction of sp³-hybridized carbons (Fsp3) is 0.441. The van der Waals surface area contributed by atoms with Gasteiger partial charge < -0.3 is 14.7 Å². The zero-order valence-corrected chi connectivity index (χ0v) is 46.6. The molecule has 1 saturated carbocycles. The van der Waals surface area contributed by atoms with Crippen molar-refractivity contribution in [2.24, 2.45) is 0 Å². The van der Waals surface area contributed by atoms with E-state index in [1.165, 1.54) is 48.4 Å². The van der Waals surface area contributed by atoms with Crippen molar-refractivity contribution in [2.75, 3.05) is 14.7 Å². The lowest BCUT2D eigenvalue weighted by molar-refractivity contribution is 0.195. The predicted molar refractivity (Wildman–Crippen MR) is 317 cm³/mol. The molecule has 3 aliphatic carbocycles. The minimum Gasteiger partial charge on any atom is -0.334 e. The van der Waals surface area contributed by atoms with Crippen LogP contribution in [-0.4, -0.2) is 12.3 Å². The second-order valence-corrected chi connectivity index (χ2v) is 28.3. The van der Waals surface area contributed by atoms with Crippen molar-refractivity contribution in [2.45, 2.75) is 193 Å². The van der Waals surface area contributed by atoms with Crippen LogP contribution in [0.1, 0.15) is 197 Å². The molecule has 1 fully saturated rings. The first-order chi connectivity index (χ1) is 37.3. The number of hydrogen-bond acceptors (Lipinski definition) is 4. The van der Waals surface area contributed by atoms with Gasteiger partial charge in [-0.3, -0.25) is 0 Å². The Morgan fingerprint density at radius 1 is 0.575 bits per heavy atom. The summed E-state index contributed by atoms with van der Waals surface area (Å²) in [6.07, 6.45) is 7.92. The van der Waals surface area contributed by atoms with Crippen LogP contribution in [-0.2, 0) is 38.9 Å². The summed E-state index contributed by atoms with van der Waals surface area (Å²) in [5, 5.41) is 1.23. The summed E-state index contributed by atoms with van der Waals surface area (Å²) in [5.74, 6) is 0. The van der Waals surface area contributed by atoms with Gasteiger partial charge in [0.1, 0.15) is 0 Å². The zero-order chi connectivity index (χ0) is 57.1. The average Bonchev–Trinajstić information content (AvgIpc) is 3.94. The van der Waals surface area contributed by atoms with E-state index in [1.807, 2.05) is 11.3 Å². The van der Waals surface area contributed by atoms with Gasteiger partial charge in [0, 0.05) is 64.2 Å². The van der Waals surface area contributed by atoms with Gasteiger partial charge in [-0.15, -0.1) is 11.3 Å². The van der Waals surface area contributed by atoms with Gasteiger partial charge in [0.2, 0.25) is 0 Å². The third-order valence-electron chi connectivity index (χ3n) is 19.9. The molecule has 0 N–H and O–H groups in total. The zero-order valence-electron chi connectivity index (χ0n) is 52.8. The summed E-state index contributed by atoms with van der Waals surface area (Å²) < 4.78 is 66.3. The standard InChI is InChI=1S/C68H78BN3S/c1-15-42-36-56-59-57(37-42)71(45-26-28-48-50(38-45)64(7,8)33-32-63(48,5)6)60-47-40-51-52(66(11,12)35-34-65(51,9)10)41-58(47)73-61(60)69(59)53-29-27-46(39-55(53)70(56)44-24-22-43(23-25-44)62(2,3)4)72-54-21-17-16-20-49(54)67(13)30-18-19-31-68(67,72)14/h16-17,20-29,36-41H,15,18-19,30-35H2,1-14H3/i1D3,16D,17D,20D,21D. The van der Waals surface area contributed by atoms with Crippen LogP contribution < -0.4 is 30.4 Å². The van der Waals surface area contributed by atoms with Crippen LogP contribution in [0, 0.1) is 0 Å². The van der Waals surface area contributed by atoms with E-state index in [9.17, 15) is 2.74 Å². The first-order valence-electron chi connectivity index (χ1n) is 31.0. The van der Waals surface area contributed by atoms with Gasteiger partial charge in [-0.05, 0) is 196 Å². The summed E-state index contributed by atoms with van der Waals surface area (Å²) in [6.45, 7) is 28.0. The largest absolute Gasteiger partial charge is 0.334 e. The third kappa shape index (κ3) is 6.61. The Morgan fingerprint density at radius 2 is 1.18 bits per heavy atom. The highest BCUT2D eigenvalue weighted by molar-refractivity contribution is 7.33. The molecule has 7 aromatic rings. The lowest BCUT2D eigenvalue weighted by Gasteiger charge is -2.50. The number of rotatable bonds is 4. The lowest BCUT2D eigenvalue weighted by Crippen LogP contribution is -2.60. The molecule has 73 heavy (non-hydrogen) atoms. The van der Waals surface area contributed by atoms with E-state index < -0.39 is 17.8 Å². The smallest absolute Gasteiger partial charge is 0.264 e. The van der Waals surface area contributed by atoms with Crippen molar-refractivity contribution >= 4 is 89.3 Å². The first-order valence-corrected chi connectivity index (χ1v) is 28.3. The summed E-state index contributed by atoms with van der Waals surface area (Å²) in [4.78, 5) is 7.23. The number of nitrogens with zero attached hydrogens (tertiary/aromatic N) is 3. The van der Waals surface area contributed by atoms with Gasteiger partial charge in [0.05, 0.1) is 16.7 Å². The quantitative estimate of drug-likeness (QED) is 0.163. The molecule has 2 atom stereocenters. The molecule has 2 unspecified atom stereocenters. The minimum atomic E-state index is -2.25. The number of para-hydroxylation sites is 1. The lowest BCUT2D eigenvalue weighted by atomic mass is 9.36. The number of fused-ring (bicyclic) bond motifs is 11. The van der Waals surface area contributed by atoms with Gasteiger partial charge in [-0.1, -0.05) is 145 Å². The number of thiophene rings is 1. The Bertz CT molecular complexity index is 3810. The van der Waals surface area contributed by atoms with Gasteiger partial charge in [0.15, 0.2) is 0 Å². The topological polar surface area (TPSA) is 9.72 Å². The van der Waals surface area contributed by atoms with Crippen molar-refractivity contribution in [1.82, 2.24) is 0 Å².